The van der Waals surface area contributed by atoms with E-state index in [-0.39, 0.29) is 0 Å². The van der Waals surface area contributed by atoms with Crippen LogP contribution in [-0.2, 0) is 4.74 Å². The van der Waals surface area contributed by atoms with Gasteiger partial charge in [-0.05, 0) is 36.5 Å². The minimum atomic E-state index is -1.29. The molecule has 2 rings (SSSR count). The first-order valence-electron chi connectivity index (χ1n) is 6.01. The Kier molecular flexibility index (Phi) is 4.36. The first-order valence-corrected chi connectivity index (χ1v) is 6.01. The van der Waals surface area contributed by atoms with Crippen molar-refractivity contribution in [1.29, 1.82) is 0 Å². The van der Waals surface area contributed by atoms with Gasteiger partial charge in [-0.15, -0.1) is 0 Å². The quantitative estimate of drug-likeness (QED) is 0.659. The van der Waals surface area contributed by atoms with Crippen molar-refractivity contribution in [3.05, 3.63) is 35.9 Å². The molecule has 1 aromatic rings. The fourth-order valence-electron chi connectivity index (χ4n) is 1.90. The molecule has 1 heterocycles. The Labute approximate surface area is 106 Å². The molecule has 96 valence electrons. The number of hydrogen-bond acceptors (Lipinski definition) is 3. The Balaban J connectivity index is 1.92. The summed E-state index contributed by atoms with van der Waals surface area (Å²) in [6.45, 7) is 1.67. The van der Waals surface area contributed by atoms with Crippen molar-refractivity contribution in [1.82, 2.24) is 0 Å². The van der Waals surface area contributed by atoms with Crippen LogP contribution >= 0.6 is 0 Å². The summed E-state index contributed by atoms with van der Waals surface area (Å²) >= 11 is 0. The third-order valence-electron chi connectivity index (χ3n) is 2.91. The Bertz CT molecular complexity index is 416. The fraction of sp³-hybridized carbons (Fsp3) is 0.357. The molecule has 0 amide bonds. The van der Waals surface area contributed by atoms with E-state index < -0.39 is 6.16 Å². The molecule has 0 spiro atoms. The van der Waals surface area contributed by atoms with E-state index in [0.29, 0.717) is 11.7 Å². The van der Waals surface area contributed by atoms with E-state index in [2.05, 4.69) is 16.9 Å². The molecular formula is C14H16O4. The van der Waals surface area contributed by atoms with Crippen molar-refractivity contribution in [2.75, 3.05) is 13.2 Å². The molecule has 1 aliphatic heterocycles. The van der Waals surface area contributed by atoms with Crippen LogP contribution in [0, 0.1) is 5.92 Å². The minimum absolute atomic E-state index is 0.339. The predicted molar refractivity (Wildman–Crippen MR) is 67.7 cm³/mol. The van der Waals surface area contributed by atoms with Gasteiger partial charge in [0.1, 0.15) is 5.75 Å². The van der Waals surface area contributed by atoms with Gasteiger partial charge in [-0.2, -0.15) is 0 Å². The fourth-order valence-corrected chi connectivity index (χ4v) is 1.90. The van der Waals surface area contributed by atoms with Crippen molar-refractivity contribution in [3.8, 4) is 5.75 Å². The molecule has 18 heavy (non-hydrogen) atoms. The van der Waals surface area contributed by atoms with E-state index in [1.54, 1.807) is 12.1 Å². The maximum Gasteiger partial charge on any atom is 0.511 e. The number of hydrogen-bond donors (Lipinski definition) is 1. The van der Waals surface area contributed by atoms with E-state index in [0.717, 1.165) is 31.6 Å². The summed E-state index contributed by atoms with van der Waals surface area (Å²) in [7, 11) is 0. The Morgan fingerprint density at radius 3 is 2.56 bits per heavy atom. The van der Waals surface area contributed by atoms with Gasteiger partial charge in [-0.3, -0.25) is 0 Å². The second-order valence-electron chi connectivity index (χ2n) is 4.25. The molecule has 0 aliphatic carbocycles. The summed E-state index contributed by atoms with van der Waals surface area (Å²) in [4.78, 5) is 10.3. The zero-order chi connectivity index (χ0) is 12.8. The molecule has 0 unspecified atom stereocenters. The highest BCUT2D eigenvalue weighted by atomic mass is 16.7. The number of ether oxygens (including phenoxy) is 2. The number of allylic oxidation sites excluding steroid dienone is 1. The molecule has 0 aromatic heterocycles. The second-order valence-corrected chi connectivity index (χ2v) is 4.25. The van der Waals surface area contributed by atoms with Crippen LogP contribution in [0.4, 0.5) is 4.79 Å². The standard InChI is InChI=1S/C14H16O4/c15-14(16)18-13-5-3-11(4-6-13)1-2-12-7-9-17-10-8-12/h1-6,12H,7-10H2,(H,15,16). The van der Waals surface area contributed by atoms with Gasteiger partial charge in [0.2, 0.25) is 0 Å². The zero-order valence-corrected chi connectivity index (χ0v) is 10.0. The molecule has 4 nitrogen and oxygen atoms in total. The lowest BCUT2D eigenvalue weighted by molar-refractivity contribution is 0.0787. The molecule has 0 atom stereocenters. The van der Waals surface area contributed by atoms with Crippen molar-refractivity contribution < 1.29 is 19.4 Å². The molecular weight excluding hydrogens is 232 g/mol. The topological polar surface area (TPSA) is 55.8 Å². The molecule has 0 saturated carbocycles. The maximum absolute atomic E-state index is 10.3. The lowest BCUT2D eigenvalue weighted by Gasteiger charge is -2.18. The minimum Gasteiger partial charge on any atom is -0.449 e. The summed E-state index contributed by atoms with van der Waals surface area (Å²) in [5.74, 6) is 0.916. The van der Waals surface area contributed by atoms with E-state index in [1.165, 1.54) is 0 Å². The Morgan fingerprint density at radius 2 is 1.94 bits per heavy atom. The highest BCUT2D eigenvalue weighted by molar-refractivity contribution is 5.61. The summed E-state index contributed by atoms with van der Waals surface area (Å²) < 4.78 is 9.84. The van der Waals surface area contributed by atoms with E-state index >= 15 is 0 Å². The highest BCUT2D eigenvalue weighted by Gasteiger charge is 2.09. The zero-order valence-electron chi connectivity index (χ0n) is 10.0. The second kappa shape index (κ2) is 6.21. The molecule has 0 radical (unpaired) electrons. The molecule has 4 heteroatoms. The van der Waals surface area contributed by atoms with Crippen LogP contribution < -0.4 is 4.74 Å². The number of carbonyl (C=O) groups is 1. The number of carboxylic acid groups (broad SMARTS) is 1. The third-order valence-corrected chi connectivity index (χ3v) is 2.91. The van der Waals surface area contributed by atoms with Crippen LogP contribution in [0.15, 0.2) is 30.3 Å². The number of benzene rings is 1. The van der Waals surface area contributed by atoms with Gasteiger partial charge >= 0.3 is 6.16 Å². The van der Waals surface area contributed by atoms with Gasteiger partial charge in [-0.1, -0.05) is 24.3 Å². The summed E-state index contributed by atoms with van der Waals surface area (Å²) in [6.07, 6.45) is 5.09. The van der Waals surface area contributed by atoms with Gasteiger partial charge in [0.05, 0.1) is 0 Å². The van der Waals surface area contributed by atoms with Crippen LogP contribution in [-0.4, -0.2) is 24.5 Å². The van der Waals surface area contributed by atoms with Crippen LogP contribution in [0.25, 0.3) is 6.08 Å². The Morgan fingerprint density at radius 1 is 1.28 bits per heavy atom. The lowest BCUT2D eigenvalue weighted by Crippen LogP contribution is -2.13. The first kappa shape index (κ1) is 12.6. The predicted octanol–water partition coefficient (Wildman–Crippen LogP) is 3.18. The maximum atomic E-state index is 10.3. The van der Waals surface area contributed by atoms with Gasteiger partial charge < -0.3 is 14.6 Å². The first-order chi connectivity index (χ1) is 8.74. The molecule has 1 saturated heterocycles. The van der Waals surface area contributed by atoms with Crippen LogP contribution in [0.1, 0.15) is 18.4 Å². The number of rotatable bonds is 3. The van der Waals surface area contributed by atoms with Crippen LogP contribution in [0.5, 0.6) is 5.75 Å². The molecule has 1 aromatic carbocycles. The molecule has 1 fully saturated rings. The largest absolute Gasteiger partial charge is 0.511 e. The SMILES string of the molecule is O=C(O)Oc1ccc(C=CC2CCOCC2)cc1. The molecule has 1 aliphatic rings. The normalized spacial score (nSPS) is 16.9. The molecule has 1 N–H and O–H groups in total. The lowest BCUT2D eigenvalue weighted by atomic mass is 9.99. The van der Waals surface area contributed by atoms with Gasteiger partial charge in [-0.25, -0.2) is 4.79 Å². The summed E-state index contributed by atoms with van der Waals surface area (Å²) in [5, 5.41) is 8.46. The van der Waals surface area contributed by atoms with Crippen LogP contribution in [0.3, 0.4) is 0 Å². The van der Waals surface area contributed by atoms with Crippen molar-refractivity contribution in [2.24, 2.45) is 5.92 Å². The average molecular weight is 248 g/mol. The molecule has 0 bridgehead atoms. The van der Waals surface area contributed by atoms with Gasteiger partial charge in [0.15, 0.2) is 0 Å². The van der Waals surface area contributed by atoms with Crippen LogP contribution in [0.2, 0.25) is 0 Å². The van der Waals surface area contributed by atoms with Crippen molar-refractivity contribution in [2.45, 2.75) is 12.8 Å². The highest BCUT2D eigenvalue weighted by Crippen LogP contribution is 2.18. The van der Waals surface area contributed by atoms with E-state index in [9.17, 15) is 4.79 Å². The average Bonchev–Trinajstić information content (AvgIpc) is 2.38. The van der Waals surface area contributed by atoms with E-state index in [1.807, 2.05) is 12.1 Å². The van der Waals surface area contributed by atoms with Crippen molar-refractivity contribution in [3.63, 3.8) is 0 Å². The van der Waals surface area contributed by atoms with E-state index in [4.69, 9.17) is 9.84 Å². The smallest absolute Gasteiger partial charge is 0.449 e. The summed E-state index contributed by atoms with van der Waals surface area (Å²) in [6, 6.07) is 6.98. The van der Waals surface area contributed by atoms with Gasteiger partial charge in [0.25, 0.3) is 0 Å². The van der Waals surface area contributed by atoms with Gasteiger partial charge in [0, 0.05) is 13.2 Å². The third kappa shape index (κ3) is 3.89. The monoisotopic (exact) mass is 248 g/mol. The summed E-state index contributed by atoms with van der Waals surface area (Å²) in [5.41, 5.74) is 1.04. The Hall–Kier alpha value is -1.81. The van der Waals surface area contributed by atoms with Crippen molar-refractivity contribution >= 4 is 12.2 Å².